The molecule has 1 aromatic heterocycles. The largest absolute Gasteiger partial charge is 0.497 e. The van der Waals surface area contributed by atoms with Gasteiger partial charge in [-0.2, -0.15) is 0 Å². The molecule has 0 spiro atoms. The number of carbonyl (C=O) groups is 2. The maximum Gasteiger partial charge on any atom is 0.291 e. The Balaban J connectivity index is 1.85. The number of ether oxygens (including phenoxy) is 1. The van der Waals surface area contributed by atoms with Gasteiger partial charge < -0.3 is 19.8 Å². The van der Waals surface area contributed by atoms with Crippen molar-refractivity contribution in [2.75, 3.05) is 12.4 Å². The van der Waals surface area contributed by atoms with Crippen LogP contribution in [0.5, 0.6) is 5.75 Å². The number of amides is 2. The van der Waals surface area contributed by atoms with Crippen LogP contribution in [0.2, 0.25) is 0 Å². The van der Waals surface area contributed by atoms with Crippen LogP contribution in [0.1, 0.15) is 21.7 Å². The van der Waals surface area contributed by atoms with Crippen molar-refractivity contribution in [3.63, 3.8) is 0 Å². The topological polar surface area (TPSA) is 80.6 Å². The first-order valence-corrected chi connectivity index (χ1v) is 8.64. The summed E-state index contributed by atoms with van der Waals surface area (Å²) in [7, 11) is 1.58. The first-order valence-electron chi connectivity index (χ1n) is 8.64. The second-order valence-electron chi connectivity index (χ2n) is 6.08. The van der Waals surface area contributed by atoms with Crippen LogP contribution in [-0.4, -0.2) is 18.9 Å². The first kappa shape index (κ1) is 19.0. The molecule has 2 N–H and O–H groups in total. The molecule has 0 saturated heterocycles. The van der Waals surface area contributed by atoms with E-state index in [-0.39, 0.29) is 11.5 Å². The van der Waals surface area contributed by atoms with Crippen molar-refractivity contribution < 1.29 is 18.7 Å². The van der Waals surface area contributed by atoms with E-state index in [9.17, 15) is 9.59 Å². The van der Waals surface area contributed by atoms with E-state index in [4.69, 9.17) is 9.15 Å². The van der Waals surface area contributed by atoms with E-state index in [1.807, 2.05) is 19.1 Å². The summed E-state index contributed by atoms with van der Waals surface area (Å²) < 4.78 is 10.2. The summed E-state index contributed by atoms with van der Waals surface area (Å²) in [6, 6.07) is 17.6. The van der Waals surface area contributed by atoms with Gasteiger partial charge in [-0.05, 0) is 55.0 Å². The van der Waals surface area contributed by atoms with Crippen LogP contribution in [0.4, 0.5) is 5.69 Å². The summed E-state index contributed by atoms with van der Waals surface area (Å²) in [6.07, 6.45) is 2.98. The van der Waals surface area contributed by atoms with Gasteiger partial charge in [-0.25, -0.2) is 0 Å². The Labute approximate surface area is 162 Å². The van der Waals surface area contributed by atoms with Crippen LogP contribution < -0.4 is 15.4 Å². The lowest BCUT2D eigenvalue weighted by Gasteiger charge is -2.11. The van der Waals surface area contributed by atoms with Crippen LogP contribution in [0, 0.1) is 6.92 Å². The smallest absolute Gasteiger partial charge is 0.291 e. The third-order valence-electron chi connectivity index (χ3n) is 3.97. The lowest BCUT2D eigenvalue weighted by atomic mass is 10.1. The lowest BCUT2D eigenvalue weighted by molar-refractivity contribution is -0.113. The molecule has 2 aromatic carbocycles. The fraction of sp³-hybridized carbons (Fsp3) is 0.0909. The highest BCUT2D eigenvalue weighted by Crippen LogP contribution is 2.15. The molecule has 0 aliphatic carbocycles. The molecule has 0 atom stereocenters. The zero-order chi connectivity index (χ0) is 19.9. The number of hydrogen-bond acceptors (Lipinski definition) is 4. The first-order chi connectivity index (χ1) is 13.5. The van der Waals surface area contributed by atoms with Gasteiger partial charge in [0.05, 0.1) is 13.4 Å². The van der Waals surface area contributed by atoms with E-state index >= 15 is 0 Å². The molecular weight excluding hydrogens is 356 g/mol. The summed E-state index contributed by atoms with van der Waals surface area (Å²) >= 11 is 0. The van der Waals surface area contributed by atoms with Crippen molar-refractivity contribution >= 4 is 23.6 Å². The maximum atomic E-state index is 12.8. The molecule has 28 heavy (non-hydrogen) atoms. The van der Waals surface area contributed by atoms with Crippen LogP contribution in [0.15, 0.2) is 77.0 Å². The Morgan fingerprint density at radius 1 is 1.00 bits per heavy atom. The van der Waals surface area contributed by atoms with Gasteiger partial charge >= 0.3 is 0 Å². The molecule has 0 bridgehead atoms. The molecule has 0 fully saturated rings. The average molecular weight is 376 g/mol. The molecule has 6 nitrogen and oxygen atoms in total. The highest BCUT2D eigenvalue weighted by Gasteiger charge is 2.16. The summed E-state index contributed by atoms with van der Waals surface area (Å²) in [4.78, 5) is 25.1. The van der Waals surface area contributed by atoms with E-state index in [1.54, 1.807) is 55.7 Å². The number of methoxy groups -OCH3 is 1. The monoisotopic (exact) mass is 376 g/mol. The van der Waals surface area contributed by atoms with Crippen LogP contribution in [0.3, 0.4) is 0 Å². The predicted molar refractivity (Wildman–Crippen MR) is 107 cm³/mol. The van der Waals surface area contributed by atoms with Gasteiger partial charge in [0.15, 0.2) is 5.76 Å². The van der Waals surface area contributed by atoms with Gasteiger partial charge in [-0.3, -0.25) is 9.59 Å². The SMILES string of the molecule is COc1ccc(/C=C(/NC(=O)c2ccco2)C(=O)Nc2ccc(C)cc2)cc1. The third-order valence-corrected chi connectivity index (χ3v) is 3.97. The highest BCUT2D eigenvalue weighted by molar-refractivity contribution is 6.10. The molecule has 0 saturated carbocycles. The van der Waals surface area contributed by atoms with Crippen LogP contribution in [-0.2, 0) is 4.79 Å². The standard InChI is InChI=1S/C22H20N2O4/c1-15-5-9-17(10-6-15)23-21(25)19(24-22(26)20-4-3-13-28-20)14-16-7-11-18(27-2)12-8-16/h3-14H,1-2H3,(H,23,25)(H,24,26)/b19-14+. The van der Waals surface area contributed by atoms with E-state index < -0.39 is 11.8 Å². The van der Waals surface area contributed by atoms with Crippen molar-refractivity contribution in [2.45, 2.75) is 6.92 Å². The number of benzene rings is 2. The maximum absolute atomic E-state index is 12.8. The van der Waals surface area contributed by atoms with Crippen molar-refractivity contribution in [1.29, 1.82) is 0 Å². The minimum absolute atomic E-state index is 0.0899. The Kier molecular flexibility index (Phi) is 5.91. The van der Waals surface area contributed by atoms with Gasteiger partial charge in [0.2, 0.25) is 0 Å². The van der Waals surface area contributed by atoms with Crippen LogP contribution in [0.25, 0.3) is 6.08 Å². The zero-order valence-corrected chi connectivity index (χ0v) is 15.6. The normalized spacial score (nSPS) is 11.0. The number of carbonyl (C=O) groups excluding carboxylic acids is 2. The third kappa shape index (κ3) is 4.88. The summed E-state index contributed by atoms with van der Waals surface area (Å²) in [5.74, 6) is -0.144. The summed E-state index contributed by atoms with van der Waals surface area (Å²) in [5.41, 5.74) is 2.53. The Bertz CT molecular complexity index is 972. The van der Waals surface area contributed by atoms with Crippen LogP contribution >= 0.6 is 0 Å². The Hall–Kier alpha value is -3.80. The number of rotatable bonds is 6. The van der Waals surface area contributed by atoms with Gasteiger partial charge in [0.25, 0.3) is 11.8 Å². The molecule has 0 radical (unpaired) electrons. The predicted octanol–water partition coefficient (Wildman–Crippen LogP) is 4.01. The Morgan fingerprint density at radius 2 is 1.71 bits per heavy atom. The molecule has 6 heteroatoms. The molecule has 1 heterocycles. The van der Waals surface area contributed by atoms with Crippen molar-refractivity contribution in [3.8, 4) is 5.75 Å². The van der Waals surface area contributed by atoms with E-state index in [1.165, 1.54) is 12.3 Å². The lowest BCUT2D eigenvalue weighted by Crippen LogP contribution is -2.30. The number of furan rings is 1. The second-order valence-corrected chi connectivity index (χ2v) is 6.08. The molecule has 3 rings (SSSR count). The van der Waals surface area contributed by atoms with Gasteiger partial charge in [0.1, 0.15) is 11.4 Å². The molecule has 2 amide bonds. The summed E-state index contributed by atoms with van der Waals surface area (Å²) in [5, 5.41) is 5.40. The van der Waals surface area contributed by atoms with Crippen molar-refractivity contribution in [2.24, 2.45) is 0 Å². The fourth-order valence-corrected chi connectivity index (χ4v) is 2.45. The van der Waals surface area contributed by atoms with E-state index in [2.05, 4.69) is 10.6 Å². The van der Waals surface area contributed by atoms with Gasteiger partial charge in [-0.1, -0.05) is 29.8 Å². The molecule has 0 aliphatic heterocycles. The fourth-order valence-electron chi connectivity index (χ4n) is 2.45. The molecule has 0 unspecified atom stereocenters. The second kappa shape index (κ2) is 8.73. The number of nitrogens with one attached hydrogen (secondary N) is 2. The number of anilines is 1. The Morgan fingerprint density at radius 3 is 2.32 bits per heavy atom. The van der Waals surface area contributed by atoms with Crippen molar-refractivity contribution in [3.05, 3.63) is 89.5 Å². The van der Waals surface area contributed by atoms with Gasteiger partial charge in [0, 0.05) is 5.69 Å². The zero-order valence-electron chi connectivity index (χ0n) is 15.6. The summed E-state index contributed by atoms with van der Waals surface area (Å²) in [6.45, 7) is 1.96. The number of hydrogen-bond donors (Lipinski definition) is 2. The van der Waals surface area contributed by atoms with Crippen molar-refractivity contribution in [1.82, 2.24) is 5.32 Å². The minimum Gasteiger partial charge on any atom is -0.497 e. The average Bonchev–Trinajstić information content (AvgIpc) is 3.25. The molecule has 0 aliphatic rings. The molecule has 3 aromatic rings. The highest BCUT2D eigenvalue weighted by atomic mass is 16.5. The molecular formula is C22H20N2O4. The minimum atomic E-state index is -0.510. The molecule has 142 valence electrons. The van der Waals surface area contributed by atoms with E-state index in [0.29, 0.717) is 11.4 Å². The number of aryl methyl sites for hydroxylation is 1. The van der Waals surface area contributed by atoms with E-state index in [0.717, 1.165) is 11.1 Å². The van der Waals surface area contributed by atoms with Gasteiger partial charge in [-0.15, -0.1) is 0 Å². The quantitative estimate of drug-likeness (QED) is 0.637.